The topological polar surface area (TPSA) is 73.6 Å². The van der Waals surface area contributed by atoms with Gasteiger partial charge in [-0.1, -0.05) is 20.8 Å². The van der Waals surface area contributed by atoms with E-state index >= 15 is 0 Å². The highest BCUT2D eigenvalue weighted by Crippen LogP contribution is 2.38. The molecule has 5 nitrogen and oxygen atoms in total. The van der Waals surface area contributed by atoms with Crippen LogP contribution in [0, 0.1) is 5.41 Å². The summed E-state index contributed by atoms with van der Waals surface area (Å²) in [6.45, 7) is 5.70. The maximum Gasteiger partial charge on any atom is 0.231 e. The molecule has 1 heterocycles. The Morgan fingerprint density at radius 3 is 2.47 bits per heavy atom. The monoisotopic (exact) mass is 236 g/mol. The molecule has 0 unspecified atom stereocenters. The number of hydrogen-bond acceptors (Lipinski definition) is 4. The fraction of sp³-hybridized carbons (Fsp3) is 0.417. The van der Waals surface area contributed by atoms with Gasteiger partial charge >= 0.3 is 0 Å². The van der Waals surface area contributed by atoms with Crippen LogP contribution in [0.3, 0.4) is 0 Å². The summed E-state index contributed by atoms with van der Waals surface area (Å²) < 4.78 is 10.4. The van der Waals surface area contributed by atoms with Crippen molar-refractivity contribution in [1.82, 2.24) is 0 Å². The van der Waals surface area contributed by atoms with Gasteiger partial charge in [0, 0.05) is 17.5 Å². The van der Waals surface area contributed by atoms with E-state index in [2.05, 4.69) is 5.32 Å². The Balaban J connectivity index is 2.25. The smallest absolute Gasteiger partial charge is 0.231 e. The molecule has 0 fully saturated rings. The average molecular weight is 236 g/mol. The van der Waals surface area contributed by atoms with Gasteiger partial charge in [-0.05, 0) is 0 Å². The summed E-state index contributed by atoms with van der Waals surface area (Å²) >= 11 is 0. The molecule has 1 amide bonds. The first-order chi connectivity index (χ1) is 7.88. The highest BCUT2D eigenvalue weighted by molar-refractivity contribution is 5.97. The highest BCUT2D eigenvalue weighted by atomic mass is 16.7. The van der Waals surface area contributed by atoms with Crippen LogP contribution in [0.25, 0.3) is 0 Å². The Kier molecular flexibility index (Phi) is 2.61. The number of carbonyl (C=O) groups is 1. The number of fused-ring (bicyclic) bond motifs is 1. The third-order valence-corrected chi connectivity index (χ3v) is 2.47. The zero-order valence-electron chi connectivity index (χ0n) is 10.2. The van der Waals surface area contributed by atoms with E-state index in [4.69, 9.17) is 15.2 Å². The number of benzene rings is 1. The van der Waals surface area contributed by atoms with Crippen LogP contribution in [0.4, 0.5) is 11.4 Å². The molecule has 0 saturated heterocycles. The van der Waals surface area contributed by atoms with E-state index in [-0.39, 0.29) is 12.7 Å². The third kappa shape index (κ3) is 2.27. The number of rotatable bonds is 1. The Morgan fingerprint density at radius 1 is 1.29 bits per heavy atom. The molecule has 1 aliphatic rings. The van der Waals surface area contributed by atoms with E-state index < -0.39 is 5.41 Å². The molecule has 1 aromatic rings. The largest absolute Gasteiger partial charge is 0.454 e. The second kappa shape index (κ2) is 3.84. The van der Waals surface area contributed by atoms with Crippen molar-refractivity contribution in [1.29, 1.82) is 0 Å². The number of nitrogens with one attached hydrogen (secondary N) is 1. The van der Waals surface area contributed by atoms with Crippen molar-refractivity contribution in [2.75, 3.05) is 17.8 Å². The Hall–Kier alpha value is -1.91. The fourth-order valence-electron chi connectivity index (χ4n) is 1.38. The molecule has 0 atom stereocenters. The number of ether oxygens (including phenoxy) is 2. The lowest BCUT2D eigenvalue weighted by Crippen LogP contribution is -2.27. The molecule has 1 aromatic carbocycles. The van der Waals surface area contributed by atoms with Gasteiger partial charge in [-0.3, -0.25) is 4.79 Å². The highest BCUT2D eigenvalue weighted by Gasteiger charge is 2.23. The zero-order valence-corrected chi connectivity index (χ0v) is 10.2. The first kappa shape index (κ1) is 11.6. The van der Waals surface area contributed by atoms with Crippen molar-refractivity contribution in [3.63, 3.8) is 0 Å². The molecule has 0 bridgehead atoms. The molecule has 0 aromatic heterocycles. The lowest BCUT2D eigenvalue weighted by Gasteiger charge is -2.18. The minimum absolute atomic E-state index is 0.0944. The van der Waals surface area contributed by atoms with Crippen molar-refractivity contribution >= 4 is 17.3 Å². The molecule has 2 rings (SSSR count). The SMILES string of the molecule is CC(C)(C)C(=O)Nc1cc2c(cc1N)OCO2. The molecule has 0 spiro atoms. The maximum absolute atomic E-state index is 11.8. The van der Waals surface area contributed by atoms with Gasteiger partial charge in [-0.25, -0.2) is 0 Å². The normalized spacial score (nSPS) is 13.6. The summed E-state index contributed by atoms with van der Waals surface area (Å²) in [6, 6.07) is 3.34. The van der Waals surface area contributed by atoms with Gasteiger partial charge in [0.25, 0.3) is 0 Å². The molecule has 0 aliphatic carbocycles. The number of nitrogen functional groups attached to an aromatic ring is 1. The van der Waals surface area contributed by atoms with E-state index in [9.17, 15) is 4.79 Å². The lowest BCUT2D eigenvalue weighted by atomic mass is 9.95. The molecule has 0 saturated carbocycles. The number of carbonyl (C=O) groups excluding carboxylic acids is 1. The summed E-state index contributed by atoms with van der Waals surface area (Å²) in [7, 11) is 0. The second-order valence-corrected chi connectivity index (χ2v) is 5.00. The first-order valence-electron chi connectivity index (χ1n) is 5.38. The molecule has 5 heteroatoms. The van der Waals surface area contributed by atoms with Crippen LogP contribution in [0.2, 0.25) is 0 Å². The quantitative estimate of drug-likeness (QED) is 0.731. The summed E-state index contributed by atoms with van der Waals surface area (Å²) in [5.41, 5.74) is 6.38. The minimum atomic E-state index is -0.469. The zero-order chi connectivity index (χ0) is 12.6. The van der Waals surface area contributed by atoms with Crippen molar-refractivity contribution in [2.24, 2.45) is 5.41 Å². The van der Waals surface area contributed by atoms with Gasteiger partial charge in [-0.15, -0.1) is 0 Å². The van der Waals surface area contributed by atoms with E-state index in [0.717, 1.165) is 0 Å². The molecule has 92 valence electrons. The second-order valence-electron chi connectivity index (χ2n) is 5.00. The third-order valence-electron chi connectivity index (χ3n) is 2.47. The number of hydrogen-bond donors (Lipinski definition) is 2. The fourth-order valence-corrected chi connectivity index (χ4v) is 1.38. The first-order valence-corrected chi connectivity index (χ1v) is 5.38. The minimum Gasteiger partial charge on any atom is -0.454 e. The molecule has 3 N–H and O–H groups in total. The van der Waals surface area contributed by atoms with Crippen LogP contribution in [0.5, 0.6) is 11.5 Å². The Morgan fingerprint density at radius 2 is 1.88 bits per heavy atom. The molecular formula is C12H16N2O3. The molecule has 17 heavy (non-hydrogen) atoms. The molecule has 1 aliphatic heterocycles. The summed E-state index contributed by atoms with van der Waals surface area (Å²) in [6.07, 6.45) is 0. The maximum atomic E-state index is 11.8. The van der Waals surface area contributed by atoms with Crippen molar-refractivity contribution < 1.29 is 14.3 Å². The molecular weight excluding hydrogens is 220 g/mol. The van der Waals surface area contributed by atoms with Crippen LogP contribution in [0.1, 0.15) is 20.8 Å². The van der Waals surface area contributed by atoms with E-state index in [0.29, 0.717) is 22.9 Å². The van der Waals surface area contributed by atoms with Gasteiger partial charge in [-0.2, -0.15) is 0 Å². The summed E-state index contributed by atoms with van der Waals surface area (Å²) in [5, 5.41) is 2.78. The van der Waals surface area contributed by atoms with Gasteiger partial charge in [0.1, 0.15) is 0 Å². The number of anilines is 2. The van der Waals surface area contributed by atoms with Gasteiger partial charge in [0.05, 0.1) is 11.4 Å². The van der Waals surface area contributed by atoms with Crippen molar-refractivity contribution in [3.05, 3.63) is 12.1 Å². The summed E-state index contributed by atoms with van der Waals surface area (Å²) in [4.78, 5) is 11.8. The standard InChI is InChI=1S/C12H16N2O3/c1-12(2,3)11(15)14-8-5-10-9(4-7(8)13)16-6-17-10/h4-5H,6,13H2,1-3H3,(H,14,15). The number of amides is 1. The van der Waals surface area contributed by atoms with Crippen LogP contribution in [0.15, 0.2) is 12.1 Å². The van der Waals surface area contributed by atoms with Crippen LogP contribution < -0.4 is 20.5 Å². The molecule has 0 radical (unpaired) electrons. The predicted octanol–water partition coefficient (Wildman–Crippen LogP) is 1.98. The predicted molar refractivity (Wildman–Crippen MR) is 65.1 cm³/mol. The van der Waals surface area contributed by atoms with E-state index in [1.165, 1.54) is 0 Å². The lowest BCUT2D eigenvalue weighted by molar-refractivity contribution is -0.123. The van der Waals surface area contributed by atoms with E-state index in [1.807, 2.05) is 20.8 Å². The Labute approximate surface area is 99.9 Å². The van der Waals surface area contributed by atoms with Gasteiger partial charge < -0.3 is 20.5 Å². The van der Waals surface area contributed by atoms with Crippen molar-refractivity contribution in [2.45, 2.75) is 20.8 Å². The van der Waals surface area contributed by atoms with Crippen LogP contribution in [-0.2, 0) is 4.79 Å². The van der Waals surface area contributed by atoms with Crippen molar-refractivity contribution in [3.8, 4) is 11.5 Å². The average Bonchev–Trinajstić information content (AvgIpc) is 2.63. The Bertz CT molecular complexity index is 464. The van der Waals surface area contributed by atoms with Crippen LogP contribution >= 0.6 is 0 Å². The van der Waals surface area contributed by atoms with Gasteiger partial charge in [0.15, 0.2) is 11.5 Å². The number of nitrogens with two attached hydrogens (primary N) is 1. The van der Waals surface area contributed by atoms with Gasteiger partial charge in [0.2, 0.25) is 12.7 Å². The van der Waals surface area contributed by atoms with Crippen LogP contribution in [-0.4, -0.2) is 12.7 Å². The van der Waals surface area contributed by atoms with E-state index in [1.54, 1.807) is 12.1 Å². The summed E-state index contributed by atoms with van der Waals surface area (Å²) in [5.74, 6) is 1.11.